The average Bonchev–Trinajstić information content (AvgIpc) is 3.33. The molecule has 1 aliphatic rings. The van der Waals surface area contributed by atoms with Crippen molar-refractivity contribution in [3.8, 4) is 11.1 Å². The zero-order valence-electron chi connectivity index (χ0n) is 13.8. The van der Waals surface area contributed by atoms with E-state index in [2.05, 4.69) is 29.2 Å². The van der Waals surface area contributed by atoms with Crippen molar-refractivity contribution in [3.63, 3.8) is 0 Å². The van der Waals surface area contributed by atoms with Crippen LogP contribution >= 0.6 is 0 Å². The molecule has 2 heterocycles. The number of rotatable bonds is 5. The van der Waals surface area contributed by atoms with Gasteiger partial charge in [-0.25, -0.2) is 4.98 Å². The van der Waals surface area contributed by atoms with Crippen LogP contribution in [-0.4, -0.2) is 34.0 Å². The minimum absolute atomic E-state index is 0.0617. The van der Waals surface area contributed by atoms with E-state index in [1.165, 1.54) is 5.56 Å². The number of aliphatic hydroxyl groups is 1. The quantitative estimate of drug-likeness (QED) is 0.778. The Labute approximate surface area is 146 Å². The van der Waals surface area contributed by atoms with Crippen LogP contribution in [0.5, 0.6) is 0 Å². The van der Waals surface area contributed by atoms with Crippen molar-refractivity contribution in [2.75, 3.05) is 13.2 Å². The molecule has 0 amide bonds. The maximum atomic E-state index is 9.44. The van der Waals surface area contributed by atoms with E-state index >= 15 is 0 Å². The maximum absolute atomic E-state index is 9.44. The summed E-state index contributed by atoms with van der Waals surface area (Å²) < 4.78 is 14.0. The lowest BCUT2D eigenvalue weighted by molar-refractivity contribution is -0.190. The Bertz CT molecular complexity index is 803. The van der Waals surface area contributed by atoms with E-state index in [-0.39, 0.29) is 12.7 Å². The monoisotopic (exact) mass is 336 g/mol. The summed E-state index contributed by atoms with van der Waals surface area (Å²) in [5, 5.41) is 9.44. The summed E-state index contributed by atoms with van der Waals surface area (Å²) in [5.74, 6) is -0.913. The summed E-state index contributed by atoms with van der Waals surface area (Å²) in [5.41, 5.74) is 3.23. The largest absolute Gasteiger partial charge is 0.394 e. The van der Waals surface area contributed by atoms with Gasteiger partial charge in [0.25, 0.3) is 0 Å². The van der Waals surface area contributed by atoms with Gasteiger partial charge in [-0.1, -0.05) is 54.6 Å². The minimum Gasteiger partial charge on any atom is -0.394 e. The van der Waals surface area contributed by atoms with Gasteiger partial charge in [-0.05, 0) is 11.1 Å². The number of aliphatic hydroxyl groups excluding tert-OH is 1. The topological polar surface area (TPSA) is 56.5 Å². The van der Waals surface area contributed by atoms with Crippen molar-refractivity contribution in [1.29, 1.82) is 0 Å². The Kier molecular flexibility index (Phi) is 4.36. The molecule has 1 N–H and O–H groups in total. The molecule has 4 rings (SSSR count). The lowest BCUT2D eigenvalue weighted by atomic mass is 10.00. The molecule has 1 aliphatic heterocycles. The van der Waals surface area contributed by atoms with E-state index < -0.39 is 5.79 Å². The van der Waals surface area contributed by atoms with Crippen LogP contribution in [0.1, 0.15) is 5.56 Å². The molecule has 1 saturated heterocycles. The predicted molar refractivity (Wildman–Crippen MR) is 93.7 cm³/mol. The highest BCUT2D eigenvalue weighted by molar-refractivity contribution is 5.63. The Morgan fingerprint density at radius 2 is 1.84 bits per heavy atom. The van der Waals surface area contributed by atoms with Crippen LogP contribution in [0, 0.1) is 0 Å². The number of hydrogen-bond acceptors (Lipinski definition) is 4. The molecule has 0 aliphatic carbocycles. The summed E-state index contributed by atoms with van der Waals surface area (Å²) >= 11 is 0. The first-order valence-electron chi connectivity index (χ1n) is 8.33. The number of benzene rings is 2. The summed E-state index contributed by atoms with van der Waals surface area (Å²) in [6.07, 6.45) is 5.01. The molecule has 1 aromatic heterocycles. The van der Waals surface area contributed by atoms with Gasteiger partial charge in [0.1, 0.15) is 6.10 Å². The van der Waals surface area contributed by atoms with Crippen molar-refractivity contribution in [2.24, 2.45) is 0 Å². The van der Waals surface area contributed by atoms with Crippen LogP contribution in [0.15, 0.2) is 73.3 Å². The van der Waals surface area contributed by atoms with E-state index in [0.717, 1.165) is 11.1 Å². The van der Waals surface area contributed by atoms with Gasteiger partial charge in [-0.15, -0.1) is 0 Å². The van der Waals surface area contributed by atoms with E-state index in [4.69, 9.17) is 9.47 Å². The standard InChI is InChI=1S/C20H20N2O3/c23-12-19-13-24-20(25-19,14-22-11-10-21-15-22)18-8-6-17(7-9-18)16-4-2-1-3-5-16/h1-11,15,19,23H,12-14H2/t19-,20-/m0/s1. The van der Waals surface area contributed by atoms with Crippen LogP contribution < -0.4 is 0 Å². The van der Waals surface area contributed by atoms with Crippen molar-refractivity contribution >= 4 is 0 Å². The molecule has 5 heteroatoms. The fourth-order valence-electron chi connectivity index (χ4n) is 3.15. The molecule has 0 spiro atoms. The van der Waals surface area contributed by atoms with E-state index in [1.807, 2.05) is 41.1 Å². The number of imidazole rings is 1. The number of nitrogens with zero attached hydrogens (tertiary/aromatic N) is 2. The second kappa shape index (κ2) is 6.80. The predicted octanol–water partition coefficient (Wildman–Crippen LogP) is 2.81. The molecule has 0 bridgehead atoms. The van der Waals surface area contributed by atoms with Crippen molar-refractivity contribution in [2.45, 2.75) is 18.4 Å². The lowest BCUT2D eigenvalue weighted by Gasteiger charge is -2.29. The molecule has 2 aromatic carbocycles. The molecular weight excluding hydrogens is 316 g/mol. The van der Waals surface area contributed by atoms with E-state index in [1.54, 1.807) is 12.5 Å². The highest BCUT2D eigenvalue weighted by Gasteiger charge is 2.43. The molecule has 1 fully saturated rings. The fraction of sp³-hybridized carbons (Fsp3) is 0.250. The number of ether oxygens (including phenoxy) is 2. The Hall–Kier alpha value is -2.47. The van der Waals surface area contributed by atoms with Crippen molar-refractivity contribution < 1.29 is 14.6 Å². The SMILES string of the molecule is OC[C@H]1CO[C@](Cn2ccnc2)(c2ccc(-c3ccccc3)cc2)O1. The van der Waals surface area contributed by atoms with Gasteiger partial charge in [0.05, 0.1) is 26.1 Å². The molecule has 128 valence electrons. The zero-order valence-corrected chi connectivity index (χ0v) is 13.8. The first-order valence-corrected chi connectivity index (χ1v) is 8.33. The summed E-state index contributed by atoms with van der Waals surface area (Å²) in [4.78, 5) is 4.08. The maximum Gasteiger partial charge on any atom is 0.214 e. The molecule has 3 aromatic rings. The van der Waals surface area contributed by atoms with Crippen LogP contribution in [0.2, 0.25) is 0 Å². The molecule has 0 unspecified atom stereocenters. The second-order valence-electron chi connectivity index (χ2n) is 6.16. The molecule has 2 atom stereocenters. The van der Waals surface area contributed by atoms with Gasteiger partial charge in [0.2, 0.25) is 5.79 Å². The van der Waals surface area contributed by atoms with Gasteiger partial charge in [-0.3, -0.25) is 0 Å². The fourth-order valence-corrected chi connectivity index (χ4v) is 3.15. The molecule has 5 nitrogen and oxygen atoms in total. The number of hydrogen-bond donors (Lipinski definition) is 1. The molecule has 0 radical (unpaired) electrons. The van der Waals surface area contributed by atoms with Crippen LogP contribution in [0.25, 0.3) is 11.1 Å². The Morgan fingerprint density at radius 1 is 1.08 bits per heavy atom. The second-order valence-corrected chi connectivity index (χ2v) is 6.16. The molecule has 0 saturated carbocycles. The van der Waals surface area contributed by atoms with Crippen LogP contribution in [0.4, 0.5) is 0 Å². The van der Waals surface area contributed by atoms with Crippen molar-refractivity contribution in [3.05, 3.63) is 78.9 Å². The van der Waals surface area contributed by atoms with Gasteiger partial charge in [0, 0.05) is 18.0 Å². The number of aromatic nitrogens is 2. The average molecular weight is 336 g/mol. The highest BCUT2D eigenvalue weighted by Crippen LogP contribution is 2.36. The molecule has 25 heavy (non-hydrogen) atoms. The summed E-state index contributed by atoms with van der Waals surface area (Å²) in [6, 6.07) is 18.4. The third kappa shape index (κ3) is 3.22. The smallest absolute Gasteiger partial charge is 0.214 e. The minimum atomic E-state index is -0.913. The third-order valence-corrected chi connectivity index (χ3v) is 4.44. The Balaban J connectivity index is 1.65. The van der Waals surface area contributed by atoms with Gasteiger partial charge in [-0.2, -0.15) is 0 Å². The third-order valence-electron chi connectivity index (χ3n) is 4.44. The van der Waals surface area contributed by atoms with Gasteiger partial charge >= 0.3 is 0 Å². The van der Waals surface area contributed by atoms with Gasteiger partial charge < -0.3 is 19.1 Å². The first-order chi connectivity index (χ1) is 12.3. The van der Waals surface area contributed by atoms with Gasteiger partial charge in [0.15, 0.2) is 0 Å². The first kappa shape index (κ1) is 16.0. The summed E-state index contributed by atoms with van der Waals surface area (Å²) in [7, 11) is 0. The Morgan fingerprint density at radius 3 is 2.48 bits per heavy atom. The van der Waals surface area contributed by atoms with E-state index in [9.17, 15) is 5.11 Å². The molecular formula is C20H20N2O3. The van der Waals surface area contributed by atoms with E-state index in [0.29, 0.717) is 13.2 Å². The highest BCUT2D eigenvalue weighted by atomic mass is 16.7. The summed E-state index contributed by atoms with van der Waals surface area (Å²) in [6.45, 7) is 0.785. The normalized spacial score (nSPS) is 23.0. The van der Waals surface area contributed by atoms with Crippen LogP contribution in [0.3, 0.4) is 0 Å². The lowest BCUT2D eigenvalue weighted by Crippen LogP contribution is -2.33. The van der Waals surface area contributed by atoms with Crippen LogP contribution in [-0.2, 0) is 21.8 Å². The zero-order chi connectivity index (χ0) is 17.1. The van der Waals surface area contributed by atoms with Crippen molar-refractivity contribution in [1.82, 2.24) is 9.55 Å².